The van der Waals surface area contributed by atoms with Crippen LogP contribution in [-0.2, 0) is 0 Å². The summed E-state index contributed by atoms with van der Waals surface area (Å²) in [6.07, 6.45) is 0. The van der Waals surface area contributed by atoms with E-state index in [0.29, 0.717) is 0 Å². The molecule has 3 N–H and O–H groups in total. The van der Waals surface area contributed by atoms with Gasteiger partial charge in [-0.25, -0.2) is 0 Å². The molecule has 2 aromatic carbocycles. The topological polar surface area (TPSA) is 38.0 Å². The van der Waals surface area contributed by atoms with Gasteiger partial charge in [0.15, 0.2) is 0 Å². The van der Waals surface area contributed by atoms with Gasteiger partial charge in [0.2, 0.25) is 0 Å². The minimum atomic E-state index is 0.847. The van der Waals surface area contributed by atoms with E-state index in [9.17, 15) is 0 Å². The molecular weight excluding hydrogens is 220 g/mol. The Hall–Kier alpha value is -1.96. The molecule has 0 bridgehead atoms. The van der Waals surface area contributed by atoms with Crippen LogP contribution in [0, 0.1) is 27.7 Å². The van der Waals surface area contributed by atoms with Gasteiger partial charge in [-0.1, -0.05) is 18.2 Å². The summed E-state index contributed by atoms with van der Waals surface area (Å²) >= 11 is 0. The minimum Gasteiger partial charge on any atom is -0.397 e. The average Bonchev–Trinajstić information content (AvgIpc) is 2.40. The summed E-state index contributed by atoms with van der Waals surface area (Å²) in [5.41, 5.74) is 14.2. The maximum atomic E-state index is 6.24. The number of rotatable bonds is 2. The quantitative estimate of drug-likeness (QED) is 0.770. The van der Waals surface area contributed by atoms with Crippen molar-refractivity contribution >= 4 is 17.1 Å². The minimum absolute atomic E-state index is 0.847. The smallest absolute Gasteiger partial charge is 0.0653 e. The van der Waals surface area contributed by atoms with Crippen LogP contribution in [0.3, 0.4) is 0 Å². The Balaban J connectivity index is 2.52. The molecule has 0 unspecified atom stereocenters. The predicted octanol–water partition coefficient (Wildman–Crippen LogP) is 4.25. The van der Waals surface area contributed by atoms with E-state index in [1.54, 1.807) is 0 Å². The Bertz CT molecular complexity index is 542. The van der Waals surface area contributed by atoms with Gasteiger partial charge >= 0.3 is 0 Å². The summed E-state index contributed by atoms with van der Waals surface area (Å²) in [4.78, 5) is 0. The van der Waals surface area contributed by atoms with Crippen LogP contribution in [0.25, 0.3) is 0 Å². The number of para-hydroxylation sites is 1. The van der Waals surface area contributed by atoms with Crippen molar-refractivity contribution in [3.8, 4) is 0 Å². The van der Waals surface area contributed by atoms with Gasteiger partial charge in [-0.15, -0.1) is 0 Å². The van der Waals surface area contributed by atoms with Crippen molar-refractivity contribution in [3.63, 3.8) is 0 Å². The number of nitrogens with two attached hydrogens (primary N) is 1. The van der Waals surface area contributed by atoms with Crippen LogP contribution in [0.4, 0.5) is 17.1 Å². The fraction of sp³-hybridized carbons (Fsp3) is 0.250. The summed E-state index contributed by atoms with van der Waals surface area (Å²) < 4.78 is 0. The number of hydrogen-bond acceptors (Lipinski definition) is 2. The first kappa shape index (κ1) is 12.5. The third-order valence-corrected chi connectivity index (χ3v) is 3.78. The SMILES string of the molecule is Cc1c(C)c(C)c(Nc2ccccc2)c(N)c1C. The van der Waals surface area contributed by atoms with Crippen molar-refractivity contribution in [2.75, 3.05) is 11.1 Å². The van der Waals surface area contributed by atoms with Crippen LogP contribution in [-0.4, -0.2) is 0 Å². The van der Waals surface area contributed by atoms with E-state index < -0.39 is 0 Å². The normalized spacial score (nSPS) is 10.4. The molecular formula is C16H20N2. The van der Waals surface area contributed by atoms with Gasteiger partial charge < -0.3 is 11.1 Å². The molecule has 0 aromatic heterocycles. The molecule has 0 radical (unpaired) electrons. The summed E-state index contributed by atoms with van der Waals surface area (Å²) in [5.74, 6) is 0. The summed E-state index contributed by atoms with van der Waals surface area (Å²) in [6.45, 7) is 8.46. The lowest BCUT2D eigenvalue weighted by molar-refractivity contribution is 1.22. The molecule has 0 aliphatic carbocycles. The molecule has 0 aliphatic rings. The van der Waals surface area contributed by atoms with E-state index in [0.717, 1.165) is 22.6 Å². The van der Waals surface area contributed by atoms with Crippen LogP contribution >= 0.6 is 0 Å². The summed E-state index contributed by atoms with van der Waals surface area (Å²) in [7, 11) is 0. The highest BCUT2D eigenvalue weighted by Gasteiger charge is 2.12. The van der Waals surface area contributed by atoms with Crippen molar-refractivity contribution in [2.24, 2.45) is 0 Å². The molecule has 0 atom stereocenters. The molecule has 94 valence electrons. The molecule has 0 heterocycles. The van der Waals surface area contributed by atoms with Gasteiger partial charge in [-0.05, 0) is 62.1 Å². The van der Waals surface area contributed by atoms with E-state index in [1.165, 1.54) is 16.7 Å². The fourth-order valence-electron chi connectivity index (χ4n) is 2.17. The lowest BCUT2D eigenvalue weighted by Crippen LogP contribution is -2.05. The largest absolute Gasteiger partial charge is 0.397 e. The molecule has 0 fully saturated rings. The van der Waals surface area contributed by atoms with Crippen LogP contribution < -0.4 is 11.1 Å². The molecule has 2 aromatic rings. The Labute approximate surface area is 109 Å². The van der Waals surface area contributed by atoms with Crippen LogP contribution in [0.15, 0.2) is 30.3 Å². The molecule has 2 heteroatoms. The molecule has 0 spiro atoms. The zero-order valence-corrected chi connectivity index (χ0v) is 11.5. The second kappa shape index (κ2) is 4.73. The molecule has 0 aliphatic heterocycles. The maximum absolute atomic E-state index is 6.24. The van der Waals surface area contributed by atoms with E-state index >= 15 is 0 Å². The number of hydrogen-bond donors (Lipinski definition) is 2. The van der Waals surface area contributed by atoms with Crippen LogP contribution in [0.1, 0.15) is 22.3 Å². The summed E-state index contributed by atoms with van der Waals surface area (Å²) in [5, 5.41) is 3.42. The molecule has 18 heavy (non-hydrogen) atoms. The van der Waals surface area contributed by atoms with Crippen molar-refractivity contribution in [1.82, 2.24) is 0 Å². The van der Waals surface area contributed by atoms with Gasteiger partial charge in [-0.3, -0.25) is 0 Å². The molecule has 2 rings (SSSR count). The van der Waals surface area contributed by atoms with E-state index in [-0.39, 0.29) is 0 Å². The lowest BCUT2D eigenvalue weighted by atomic mass is 9.95. The number of nitrogen functional groups attached to an aromatic ring is 1. The van der Waals surface area contributed by atoms with Gasteiger partial charge in [0.1, 0.15) is 0 Å². The fourth-order valence-corrected chi connectivity index (χ4v) is 2.17. The first-order valence-corrected chi connectivity index (χ1v) is 6.20. The first-order valence-electron chi connectivity index (χ1n) is 6.20. The van der Waals surface area contributed by atoms with Crippen LogP contribution in [0.2, 0.25) is 0 Å². The number of benzene rings is 2. The van der Waals surface area contributed by atoms with Crippen molar-refractivity contribution in [3.05, 3.63) is 52.6 Å². The number of nitrogens with one attached hydrogen (secondary N) is 1. The Morgan fingerprint density at radius 3 is 1.94 bits per heavy atom. The Morgan fingerprint density at radius 2 is 1.33 bits per heavy atom. The highest BCUT2D eigenvalue weighted by Crippen LogP contribution is 2.34. The third kappa shape index (κ3) is 2.06. The first-order chi connectivity index (χ1) is 8.52. The number of anilines is 3. The van der Waals surface area contributed by atoms with Gasteiger partial charge in [0, 0.05) is 5.69 Å². The van der Waals surface area contributed by atoms with Crippen molar-refractivity contribution in [1.29, 1.82) is 0 Å². The molecule has 0 saturated carbocycles. The van der Waals surface area contributed by atoms with Gasteiger partial charge in [-0.2, -0.15) is 0 Å². The standard InChI is InChI=1S/C16H20N2/c1-10-11(2)13(4)16(15(17)12(10)3)18-14-8-6-5-7-9-14/h5-9,18H,17H2,1-4H3. The second-order valence-corrected chi connectivity index (χ2v) is 4.78. The maximum Gasteiger partial charge on any atom is 0.0653 e. The Kier molecular flexibility index (Phi) is 3.28. The predicted molar refractivity (Wildman–Crippen MR) is 79.5 cm³/mol. The summed E-state index contributed by atoms with van der Waals surface area (Å²) in [6, 6.07) is 10.1. The monoisotopic (exact) mass is 240 g/mol. The zero-order valence-electron chi connectivity index (χ0n) is 11.5. The average molecular weight is 240 g/mol. The van der Waals surface area contributed by atoms with Gasteiger partial charge in [0.25, 0.3) is 0 Å². The second-order valence-electron chi connectivity index (χ2n) is 4.78. The van der Waals surface area contributed by atoms with E-state index in [1.807, 2.05) is 30.3 Å². The van der Waals surface area contributed by atoms with Crippen LogP contribution in [0.5, 0.6) is 0 Å². The molecule has 0 amide bonds. The lowest BCUT2D eigenvalue weighted by Gasteiger charge is -2.19. The third-order valence-electron chi connectivity index (χ3n) is 3.78. The highest BCUT2D eigenvalue weighted by atomic mass is 14.9. The molecule has 2 nitrogen and oxygen atoms in total. The van der Waals surface area contributed by atoms with Crippen molar-refractivity contribution in [2.45, 2.75) is 27.7 Å². The highest BCUT2D eigenvalue weighted by molar-refractivity contribution is 5.80. The van der Waals surface area contributed by atoms with E-state index in [2.05, 4.69) is 33.0 Å². The van der Waals surface area contributed by atoms with Crippen molar-refractivity contribution < 1.29 is 0 Å². The van der Waals surface area contributed by atoms with Gasteiger partial charge in [0.05, 0.1) is 11.4 Å². The molecule has 0 saturated heterocycles. The van der Waals surface area contributed by atoms with E-state index in [4.69, 9.17) is 5.73 Å². The Morgan fingerprint density at radius 1 is 0.778 bits per heavy atom. The zero-order chi connectivity index (χ0) is 13.3.